The van der Waals surface area contributed by atoms with Gasteiger partial charge in [-0.2, -0.15) is 0 Å². The number of aliphatic hydroxyl groups is 1. The number of carbonyl (C=O) groups excluding carboxylic acids is 4. The zero-order chi connectivity index (χ0) is 68.2. The van der Waals surface area contributed by atoms with Crippen LogP contribution in [0.3, 0.4) is 0 Å². The number of rotatable bonds is 71. The highest BCUT2D eigenvalue weighted by Crippen LogP contribution is 2.45. The molecule has 3 N–H and O–H groups in total. The van der Waals surface area contributed by atoms with Crippen LogP contribution in [0.4, 0.5) is 0 Å². The fraction of sp³-hybridized carbons (Fsp3) is 0.838. The topological polar surface area (TPSA) is 237 Å². The first-order chi connectivity index (χ1) is 45.2. The average Bonchev–Trinajstić information content (AvgIpc) is 2.11. The summed E-state index contributed by atoms with van der Waals surface area (Å²) in [6, 6.07) is 0. The smallest absolute Gasteiger partial charge is 0.462 e. The normalized spacial score (nSPS) is 14.3. The van der Waals surface area contributed by atoms with Crippen molar-refractivity contribution in [2.75, 3.05) is 39.6 Å². The number of phosphoric acid groups is 2. The number of hydrogen-bond donors (Lipinski definition) is 3. The molecule has 0 fully saturated rings. The van der Waals surface area contributed by atoms with Gasteiger partial charge < -0.3 is 33.8 Å². The first-order valence-corrected chi connectivity index (χ1v) is 40.4. The summed E-state index contributed by atoms with van der Waals surface area (Å²) in [4.78, 5) is 72.4. The minimum absolute atomic E-state index is 0.0821. The van der Waals surface area contributed by atoms with Gasteiger partial charge in [0.15, 0.2) is 12.2 Å². The largest absolute Gasteiger partial charge is 0.472 e. The molecule has 5 atom stereocenters. The quantitative estimate of drug-likeness (QED) is 0.0169. The molecule has 0 bridgehead atoms. The Morgan fingerprint density at radius 1 is 0.301 bits per heavy atom. The van der Waals surface area contributed by atoms with Crippen LogP contribution in [-0.2, 0) is 65.4 Å². The van der Waals surface area contributed by atoms with Gasteiger partial charge in [-0.15, -0.1) is 0 Å². The summed E-state index contributed by atoms with van der Waals surface area (Å²) >= 11 is 0. The van der Waals surface area contributed by atoms with Crippen molar-refractivity contribution in [3.63, 3.8) is 0 Å². The lowest BCUT2D eigenvalue weighted by atomic mass is 10.0. The summed E-state index contributed by atoms with van der Waals surface area (Å²) in [5.74, 6) is -2.19. The highest BCUT2D eigenvalue weighted by atomic mass is 31.2. The number of hydrogen-bond acceptors (Lipinski definition) is 15. The van der Waals surface area contributed by atoms with Crippen LogP contribution in [0.5, 0.6) is 0 Å². The highest BCUT2D eigenvalue weighted by molar-refractivity contribution is 7.47. The molecular formula is C74H136O17P2. The van der Waals surface area contributed by atoms with E-state index >= 15 is 0 Å². The maximum atomic E-state index is 13.0. The van der Waals surface area contributed by atoms with Crippen molar-refractivity contribution in [3.8, 4) is 0 Å². The van der Waals surface area contributed by atoms with Crippen LogP contribution in [-0.4, -0.2) is 96.7 Å². The predicted molar refractivity (Wildman–Crippen MR) is 377 cm³/mol. The Balaban J connectivity index is 5.21. The molecule has 0 amide bonds. The summed E-state index contributed by atoms with van der Waals surface area (Å²) in [5.41, 5.74) is 0. The molecule has 0 saturated carbocycles. The molecule has 0 aliphatic heterocycles. The van der Waals surface area contributed by atoms with Crippen molar-refractivity contribution in [2.24, 2.45) is 0 Å². The van der Waals surface area contributed by atoms with E-state index in [-0.39, 0.29) is 25.7 Å². The van der Waals surface area contributed by atoms with E-state index in [0.717, 1.165) is 128 Å². The van der Waals surface area contributed by atoms with Gasteiger partial charge in [-0.3, -0.25) is 37.3 Å². The Morgan fingerprint density at radius 2 is 0.516 bits per heavy atom. The Bertz CT molecular complexity index is 1960. The first kappa shape index (κ1) is 90.0. The fourth-order valence-electron chi connectivity index (χ4n) is 10.3. The van der Waals surface area contributed by atoms with E-state index in [4.69, 9.17) is 37.0 Å². The first-order valence-electron chi connectivity index (χ1n) is 37.4. The Hall–Kier alpha value is -2.98. The van der Waals surface area contributed by atoms with Gasteiger partial charge in [-0.05, 0) is 77.0 Å². The fourth-order valence-corrected chi connectivity index (χ4v) is 11.9. The lowest BCUT2D eigenvalue weighted by Crippen LogP contribution is -2.30. The number of aliphatic hydroxyl groups excluding tert-OH is 1. The number of phosphoric ester groups is 2. The van der Waals surface area contributed by atoms with Crippen molar-refractivity contribution >= 4 is 39.5 Å². The van der Waals surface area contributed by atoms with Gasteiger partial charge in [0.2, 0.25) is 0 Å². The van der Waals surface area contributed by atoms with Gasteiger partial charge in [0, 0.05) is 25.7 Å². The van der Waals surface area contributed by atoms with E-state index in [9.17, 15) is 43.2 Å². The summed E-state index contributed by atoms with van der Waals surface area (Å²) in [5, 5.41) is 10.6. The number of carbonyl (C=O) groups is 4. The van der Waals surface area contributed by atoms with Crippen molar-refractivity contribution in [3.05, 3.63) is 48.6 Å². The molecule has 0 aromatic rings. The molecular weight excluding hydrogens is 1220 g/mol. The molecule has 0 rings (SSSR count). The van der Waals surface area contributed by atoms with E-state index in [2.05, 4.69) is 76.3 Å². The van der Waals surface area contributed by atoms with Gasteiger partial charge in [0.05, 0.1) is 26.4 Å². The molecule has 0 radical (unpaired) electrons. The monoisotopic (exact) mass is 1360 g/mol. The molecule has 0 saturated heterocycles. The standard InChI is InChI=1S/C74H136O17P2/c1-5-9-13-17-20-23-26-29-32-33-34-37-40-43-46-49-53-57-61-74(79)91-70(65-85-72(77)59-55-51-47-44-41-38-35-30-27-24-21-18-14-10-6-2)67-89-93(82,83)87-63-68(75)62-86-92(80,81)88-66-69(64-84-71(76)58-54-50-16-12-8-4)90-73(78)60-56-52-48-45-42-39-36-31-28-25-22-19-15-11-7-3/h24-25,27-28,30-31,35-36,68-70,75H,5-23,26,29,32-34,37-67H2,1-4H3,(H,80,81)(H,82,83)/b27-24-,28-25-,35-30-,36-31-/t68-,69+,70+/m0/s1. The van der Waals surface area contributed by atoms with Crippen molar-refractivity contribution in [1.82, 2.24) is 0 Å². The lowest BCUT2D eigenvalue weighted by molar-refractivity contribution is -0.161. The number of ether oxygens (including phenoxy) is 4. The summed E-state index contributed by atoms with van der Waals surface area (Å²) in [6.07, 6.45) is 63.1. The van der Waals surface area contributed by atoms with Crippen molar-refractivity contribution in [2.45, 2.75) is 361 Å². The molecule has 544 valence electrons. The van der Waals surface area contributed by atoms with Crippen LogP contribution in [0.2, 0.25) is 0 Å². The van der Waals surface area contributed by atoms with Gasteiger partial charge >= 0.3 is 39.5 Å². The van der Waals surface area contributed by atoms with E-state index in [1.807, 2.05) is 0 Å². The van der Waals surface area contributed by atoms with Crippen LogP contribution in [0.25, 0.3) is 0 Å². The van der Waals surface area contributed by atoms with Crippen molar-refractivity contribution in [1.29, 1.82) is 0 Å². The molecule has 19 heteroatoms. The Kier molecular flexibility index (Phi) is 65.4. The van der Waals surface area contributed by atoms with Crippen LogP contribution in [0, 0.1) is 0 Å². The average molecular weight is 1360 g/mol. The van der Waals surface area contributed by atoms with E-state index in [1.165, 1.54) is 135 Å². The molecule has 0 aliphatic carbocycles. The molecule has 0 spiro atoms. The van der Waals surface area contributed by atoms with Crippen LogP contribution < -0.4 is 0 Å². The number of esters is 4. The lowest BCUT2D eigenvalue weighted by Gasteiger charge is -2.21. The minimum atomic E-state index is -4.96. The maximum Gasteiger partial charge on any atom is 0.472 e. The summed E-state index contributed by atoms with van der Waals surface area (Å²) in [7, 11) is -9.92. The minimum Gasteiger partial charge on any atom is -0.462 e. The van der Waals surface area contributed by atoms with Gasteiger partial charge in [0.25, 0.3) is 0 Å². The van der Waals surface area contributed by atoms with Crippen LogP contribution in [0.1, 0.15) is 342 Å². The zero-order valence-electron chi connectivity index (χ0n) is 59.2. The Morgan fingerprint density at radius 3 is 0.785 bits per heavy atom. The molecule has 0 aliphatic rings. The third-order valence-electron chi connectivity index (χ3n) is 16.1. The highest BCUT2D eigenvalue weighted by Gasteiger charge is 2.30. The summed E-state index contributed by atoms with van der Waals surface area (Å²) in [6.45, 7) is 4.75. The molecule has 93 heavy (non-hydrogen) atoms. The second-order valence-electron chi connectivity index (χ2n) is 25.3. The third-order valence-corrected chi connectivity index (χ3v) is 18.0. The van der Waals surface area contributed by atoms with E-state index < -0.39 is 97.5 Å². The number of unbranched alkanes of at least 4 members (excludes halogenated alkanes) is 39. The second kappa shape index (κ2) is 67.6. The number of allylic oxidation sites excluding steroid dienone is 8. The third kappa shape index (κ3) is 67.4. The molecule has 0 heterocycles. The van der Waals surface area contributed by atoms with Gasteiger partial charge in [-0.25, -0.2) is 9.13 Å². The Labute approximate surface area is 566 Å². The summed E-state index contributed by atoms with van der Waals surface area (Å²) < 4.78 is 68.1. The van der Waals surface area contributed by atoms with E-state index in [1.54, 1.807) is 0 Å². The molecule has 0 aromatic heterocycles. The van der Waals surface area contributed by atoms with Gasteiger partial charge in [-0.1, -0.05) is 288 Å². The maximum absolute atomic E-state index is 13.0. The van der Waals surface area contributed by atoms with Crippen molar-refractivity contribution < 1.29 is 80.2 Å². The van der Waals surface area contributed by atoms with Gasteiger partial charge in [0.1, 0.15) is 19.3 Å². The molecule has 0 aromatic carbocycles. The second-order valence-corrected chi connectivity index (χ2v) is 28.2. The zero-order valence-corrected chi connectivity index (χ0v) is 61.0. The predicted octanol–water partition coefficient (Wildman–Crippen LogP) is 20.9. The SMILES string of the molecule is CCCCCC/C=C\C=C/CCCCCCCC(=O)OC[C@H](COP(=O)(O)OC[C@@H](O)COP(=O)(O)OC[C@@H](COC(=O)CCCCCCC)OC(=O)CCCCCCC/C=C\C=C/CCCCCC)OC(=O)CCCCCCCCCCCCCCCCCCCC. The molecule has 2 unspecified atom stereocenters. The van der Waals surface area contributed by atoms with Crippen LogP contribution >= 0.6 is 15.6 Å². The molecule has 17 nitrogen and oxygen atoms in total. The van der Waals surface area contributed by atoms with E-state index in [0.29, 0.717) is 25.7 Å². The van der Waals surface area contributed by atoms with Crippen LogP contribution in [0.15, 0.2) is 48.6 Å².